The first kappa shape index (κ1) is 21.3. The molecule has 6 heteroatoms. The summed E-state index contributed by atoms with van der Waals surface area (Å²) in [4.78, 5) is 5.99. The molecule has 2 aromatic rings. The molecule has 2 atom stereocenters. The van der Waals surface area contributed by atoms with Crippen molar-refractivity contribution >= 4 is 17.3 Å². The van der Waals surface area contributed by atoms with Crippen molar-refractivity contribution in [2.75, 3.05) is 19.6 Å². The molecule has 0 aliphatic carbocycles. The lowest BCUT2D eigenvalue weighted by atomic mass is 10.1. The zero-order valence-corrected chi connectivity index (χ0v) is 17.4. The van der Waals surface area contributed by atoms with Gasteiger partial charge in [0.25, 0.3) is 0 Å². The summed E-state index contributed by atoms with van der Waals surface area (Å²) in [6.07, 6.45) is -0.535. The number of aliphatic hydroxyl groups excluding tert-OH is 1. The van der Waals surface area contributed by atoms with Crippen molar-refractivity contribution in [1.82, 2.24) is 10.6 Å². The van der Waals surface area contributed by atoms with Crippen LogP contribution >= 0.6 is 11.3 Å². The van der Waals surface area contributed by atoms with E-state index in [-0.39, 0.29) is 6.10 Å². The number of hydrogen-bond acceptors (Lipinski definition) is 4. The van der Waals surface area contributed by atoms with Gasteiger partial charge in [-0.3, -0.25) is 4.99 Å². The van der Waals surface area contributed by atoms with E-state index in [2.05, 4.69) is 40.1 Å². The van der Waals surface area contributed by atoms with Crippen molar-refractivity contribution in [3.63, 3.8) is 0 Å². The Balaban J connectivity index is 1.93. The van der Waals surface area contributed by atoms with Crippen LogP contribution in [0.25, 0.3) is 0 Å². The molecule has 0 fully saturated rings. The van der Waals surface area contributed by atoms with Crippen LogP contribution in [0.2, 0.25) is 0 Å². The minimum Gasteiger partial charge on any atom is -0.491 e. The Morgan fingerprint density at radius 2 is 2.00 bits per heavy atom. The van der Waals surface area contributed by atoms with Crippen molar-refractivity contribution in [1.29, 1.82) is 0 Å². The lowest BCUT2D eigenvalue weighted by molar-refractivity contribution is 0.179. The summed E-state index contributed by atoms with van der Waals surface area (Å²) in [6.45, 7) is 10.0. The van der Waals surface area contributed by atoms with Gasteiger partial charge in [0.15, 0.2) is 5.96 Å². The second kappa shape index (κ2) is 10.9. The summed E-state index contributed by atoms with van der Waals surface area (Å²) in [5.41, 5.74) is 0.823. The van der Waals surface area contributed by atoms with E-state index in [0.29, 0.717) is 19.0 Å². The molecular weight excluding hydrogens is 358 g/mol. The molecule has 1 aromatic carbocycles. The smallest absolute Gasteiger partial charge is 0.191 e. The Kier molecular flexibility index (Phi) is 8.61. The number of thiophene rings is 1. The Hall–Kier alpha value is -2.05. The fourth-order valence-corrected chi connectivity index (χ4v) is 3.39. The molecule has 2 rings (SSSR count). The van der Waals surface area contributed by atoms with Gasteiger partial charge in [0.2, 0.25) is 0 Å². The number of hydrogen-bond donors (Lipinski definition) is 3. The predicted octanol–water partition coefficient (Wildman–Crippen LogP) is 3.93. The summed E-state index contributed by atoms with van der Waals surface area (Å²) in [6, 6.07) is 11.8. The van der Waals surface area contributed by atoms with E-state index in [1.807, 2.05) is 45.0 Å². The molecule has 2 unspecified atom stereocenters. The molecule has 0 saturated carbocycles. The maximum absolute atomic E-state index is 10.5. The van der Waals surface area contributed by atoms with Gasteiger partial charge in [-0.1, -0.05) is 25.1 Å². The van der Waals surface area contributed by atoms with E-state index in [1.54, 1.807) is 11.3 Å². The standard InChI is InChI=1S/C21H31N3O2S/c1-5-22-21(23-13-16(4)20-10-7-11-27-20)24-14-19(25)17-8-6-9-18(12-17)26-15(2)3/h6-12,15-16,19,25H,5,13-14H2,1-4H3,(H2,22,23,24). The first-order valence-corrected chi connectivity index (χ1v) is 10.4. The highest BCUT2D eigenvalue weighted by molar-refractivity contribution is 7.10. The summed E-state index contributed by atoms with van der Waals surface area (Å²) in [5, 5.41) is 19.1. The van der Waals surface area contributed by atoms with E-state index in [0.717, 1.165) is 23.8 Å². The Morgan fingerprint density at radius 3 is 2.67 bits per heavy atom. The van der Waals surface area contributed by atoms with Crippen LogP contribution in [-0.2, 0) is 0 Å². The molecule has 0 aliphatic heterocycles. The van der Waals surface area contributed by atoms with Gasteiger partial charge in [-0.05, 0) is 49.9 Å². The lowest BCUT2D eigenvalue weighted by Gasteiger charge is -2.17. The molecule has 3 N–H and O–H groups in total. The maximum atomic E-state index is 10.5. The molecule has 0 amide bonds. The number of benzene rings is 1. The fourth-order valence-electron chi connectivity index (χ4n) is 2.61. The number of guanidine groups is 1. The first-order valence-electron chi connectivity index (χ1n) is 9.49. The molecule has 0 aliphatic rings. The number of aliphatic imine (C=N–C) groups is 1. The average Bonchev–Trinajstić information content (AvgIpc) is 3.18. The zero-order valence-electron chi connectivity index (χ0n) is 16.6. The average molecular weight is 390 g/mol. The van der Waals surface area contributed by atoms with Gasteiger partial charge < -0.3 is 20.5 Å². The van der Waals surface area contributed by atoms with Crippen molar-refractivity contribution in [2.24, 2.45) is 4.99 Å². The van der Waals surface area contributed by atoms with E-state index < -0.39 is 6.10 Å². The predicted molar refractivity (Wildman–Crippen MR) is 114 cm³/mol. The zero-order chi connectivity index (χ0) is 19.6. The number of nitrogens with zero attached hydrogens (tertiary/aromatic N) is 1. The first-order chi connectivity index (χ1) is 13.0. The molecule has 0 radical (unpaired) electrons. The van der Waals surface area contributed by atoms with Gasteiger partial charge in [0.1, 0.15) is 5.75 Å². The molecule has 0 saturated heterocycles. The summed E-state index contributed by atoms with van der Waals surface area (Å²) < 4.78 is 5.70. The topological polar surface area (TPSA) is 65.9 Å². The summed E-state index contributed by atoms with van der Waals surface area (Å²) in [7, 11) is 0. The largest absolute Gasteiger partial charge is 0.491 e. The highest BCUT2D eigenvalue weighted by Crippen LogP contribution is 2.21. The van der Waals surface area contributed by atoms with Crippen molar-refractivity contribution in [3.05, 3.63) is 52.2 Å². The van der Waals surface area contributed by atoms with Crippen LogP contribution in [0.3, 0.4) is 0 Å². The number of nitrogens with one attached hydrogen (secondary N) is 2. The van der Waals surface area contributed by atoms with E-state index in [4.69, 9.17) is 4.74 Å². The number of aliphatic hydroxyl groups is 1. The summed E-state index contributed by atoms with van der Waals surface area (Å²) in [5.74, 6) is 1.86. The highest BCUT2D eigenvalue weighted by atomic mass is 32.1. The third-order valence-electron chi connectivity index (χ3n) is 3.97. The maximum Gasteiger partial charge on any atom is 0.191 e. The van der Waals surface area contributed by atoms with Crippen LogP contribution < -0.4 is 15.4 Å². The molecule has 0 bridgehead atoms. The lowest BCUT2D eigenvalue weighted by Crippen LogP contribution is -2.39. The van der Waals surface area contributed by atoms with Crippen LogP contribution in [0, 0.1) is 0 Å². The summed E-state index contributed by atoms with van der Waals surface area (Å²) >= 11 is 1.76. The van der Waals surface area contributed by atoms with E-state index >= 15 is 0 Å². The minimum absolute atomic E-state index is 0.105. The second-order valence-electron chi connectivity index (χ2n) is 6.77. The fraction of sp³-hybridized carbons (Fsp3) is 0.476. The Bertz CT molecular complexity index is 701. The van der Waals surface area contributed by atoms with Crippen LogP contribution in [0.5, 0.6) is 5.75 Å². The van der Waals surface area contributed by atoms with Gasteiger partial charge in [-0.25, -0.2) is 0 Å². The van der Waals surface area contributed by atoms with Crippen molar-refractivity contribution in [3.8, 4) is 5.75 Å². The second-order valence-corrected chi connectivity index (χ2v) is 7.75. The van der Waals surface area contributed by atoms with Crippen LogP contribution in [0.1, 0.15) is 50.2 Å². The van der Waals surface area contributed by atoms with Gasteiger partial charge >= 0.3 is 0 Å². The van der Waals surface area contributed by atoms with Crippen molar-refractivity contribution in [2.45, 2.75) is 45.8 Å². The molecule has 0 spiro atoms. The third-order valence-corrected chi connectivity index (χ3v) is 5.08. The van der Waals surface area contributed by atoms with Crippen LogP contribution in [-0.4, -0.2) is 36.8 Å². The number of ether oxygens (including phenoxy) is 1. The molecule has 1 aromatic heterocycles. The minimum atomic E-state index is -0.640. The third kappa shape index (κ3) is 7.23. The quantitative estimate of drug-likeness (QED) is 0.449. The van der Waals surface area contributed by atoms with Crippen molar-refractivity contribution < 1.29 is 9.84 Å². The molecule has 27 heavy (non-hydrogen) atoms. The van der Waals surface area contributed by atoms with Crippen LogP contribution in [0.15, 0.2) is 46.8 Å². The van der Waals surface area contributed by atoms with Gasteiger partial charge in [-0.2, -0.15) is 0 Å². The molecular formula is C21H31N3O2S. The normalized spacial score (nSPS) is 14.1. The molecule has 148 valence electrons. The SMILES string of the molecule is CCNC(=NCC(C)c1cccs1)NCC(O)c1cccc(OC(C)C)c1. The Labute approximate surface area is 166 Å². The Morgan fingerprint density at radius 1 is 1.19 bits per heavy atom. The number of rotatable bonds is 9. The van der Waals surface area contributed by atoms with Crippen LogP contribution in [0.4, 0.5) is 0 Å². The monoisotopic (exact) mass is 389 g/mol. The molecule has 1 heterocycles. The van der Waals surface area contributed by atoms with E-state index in [1.165, 1.54) is 4.88 Å². The molecule has 5 nitrogen and oxygen atoms in total. The van der Waals surface area contributed by atoms with Gasteiger partial charge in [0, 0.05) is 23.9 Å². The van der Waals surface area contributed by atoms with E-state index in [9.17, 15) is 5.11 Å². The van der Waals surface area contributed by atoms with Gasteiger partial charge in [0.05, 0.1) is 18.8 Å². The highest BCUT2D eigenvalue weighted by Gasteiger charge is 2.11. The van der Waals surface area contributed by atoms with Gasteiger partial charge in [-0.15, -0.1) is 11.3 Å².